The molecule has 0 saturated carbocycles. The Balaban J connectivity index is 1.36. The molecule has 64 heavy (non-hydrogen) atoms. The van der Waals surface area contributed by atoms with Crippen molar-refractivity contribution in [3.63, 3.8) is 0 Å². The molecule has 356 valence electrons. The van der Waals surface area contributed by atoms with Crippen molar-refractivity contribution >= 4 is 24.8 Å². The van der Waals surface area contributed by atoms with E-state index in [2.05, 4.69) is 17.0 Å². The van der Waals surface area contributed by atoms with Crippen LogP contribution in [-0.2, 0) is 27.8 Å². The van der Waals surface area contributed by atoms with Crippen molar-refractivity contribution in [3.8, 4) is 11.5 Å². The first-order valence-electron chi connectivity index (χ1n) is 23.0. The number of aromatic nitrogens is 3. The maximum atomic E-state index is 14.7. The van der Waals surface area contributed by atoms with Crippen LogP contribution in [0.4, 0.5) is 11.5 Å². The summed E-state index contributed by atoms with van der Waals surface area (Å²) in [7, 11) is -3.09. The maximum Gasteiger partial charge on any atom is 0.530 e. The molecule has 4 atom stereocenters. The highest BCUT2D eigenvalue weighted by Crippen LogP contribution is 2.51. The second kappa shape index (κ2) is 28.7. The smallest absolute Gasteiger partial charge is 0.491 e. The topological polar surface area (TPSA) is 201 Å². The van der Waals surface area contributed by atoms with Gasteiger partial charge < -0.3 is 34.3 Å². The molecule has 16 nitrogen and oxygen atoms in total. The van der Waals surface area contributed by atoms with Gasteiger partial charge in [0.15, 0.2) is 11.6 Å². The molecule has 0 saturated heterocycles. The Labute approximate surface area is 379 Å². The number of fused-ring (bicyclic) bond motifs is 1. The lowest BCUT2D eigenvalue weighted by atomic mass is 10.0. The molecular formula is C47H72N5O11P. The number of nitrogens with zero attached hydrogens (tertiary/aromatic N) is 4. The number of hydrogen-bond donors (Lipinski definition) is 2. The molecule has 0 bridgehead atoms. The molecule has 17 heteroatoms. The zero-order chi connectivity index (χ0) is 46.0. The van der Waals surface area contributed by atoms with Crippen LogP contribution in [0.2, 0.25) is 0 Å². The summed E-state index contributed by atoms with van der Waals surface area (Å²) in [5, 5.41) is 26.4. The molecule has 2 heterocycles. The van der Waals surface area contributed by atoms with Gasteiger partial charge in [-0.05, 0) is 56.7 Å². The number of nitro benzene ring substituents is 1. The first-order chi connectivity index (χ1) is 30.9. The van der Waals surface area contributed by atoms with Crippen molar-refractivity contribution in [2.24, 2.45) is 0 Å². The number of nitrogens with two attached hydrogens (primary N) is 1. The van der Waals surface area contributed by atoms with Crippen LogP contribution in [0.5, 0.6) is 11.5 Å². The molecule has 4 rings (SSSR count). The van der Waals surface area contributed by atoms with E-state index < -0.39 is 36.8 Å². The van der Waals surface area contributed by atoms with E-state index in [4.69, 9.17) is 38.3 Å². The Morgan fingerprint density at radius 2 is 1.41 bits per heavy atom. The first-order valence-corrected chi connectivity index (χ1v) is 24.5. The predicted molar refractivity (Wildman–Crippen MR) is 247 cm³/mol. The van der Waals surface area contributed by atoms with Crippen molar-refractivity contribution in [2.45, 2.75) is 154 Å². The van der Waals surface area contributed by atoms with Gasteiger partial charge in [-0.25, -0.2) is 14.1 Å². The number of nitro groups is 1. The van der Waals surface area contributed by atoms with Gasteiger partial charge in [0.05, 0.1) is 29.9 Å². The van der Waals surface area contributed by atoms with Gasteiger partial charge in [0.2, 0.25) is 0 Å². The van der Waals surface area contributed by atoms with Crippen molar-refractivity contribution in [1.82, 2.24) is 14.6 Å². The lowest BCUT2D eigenvalue weighted by molar-refractivity contribution is -0.384. The van der Waals surface area contributed by atoms with Crippen molar-refractivity contribution in [3.05, 3.63) is 88.9 Å². The molecule has 0 aliphatic heterocycles. The van der Waals surface area contributed by atoms with Crippen LogP contribution in [0.25, 0.3) is 5.52 Å². The van der Waals surface area contributed by atoms with E-state index in [0.717, 1.165) is 19.3 Å². The molecule has 1 unspecified atom stereocenters. The molecule has 0 aliphatic rings. The first kappa shape index (κ1) is 52.5. The van der Waals surface area contributed by atoms with E-state index in [1.807, 2.05) is 18.2 Å². The van der Waals surface area contributed by atoms with Gasteiger partial charge in [-0.3, -0.25) is 19.2 Å². The van der Waals surface area contributed by atoms with Crippen LogP contribution in [0, 0.1) is 10.1 Å². The fraction of sp³-hybridized carbons (Fsp3) is 0.617. The second-order valence-electron chi connectivity index (χ2n) is 16.7. The van der Waals surface area contributed by atoms with E-state index in [0.29, 0.717) is 23.6 Å². The number of unbranched alkanes of at least 4 members (excludes halogenated alkanes) is 15. The summed E-state index contributed by atoms with van der Waals surface area (Å²) in [4.78, 5) is 14.9. The SMILES string of the molecule is CCCCCCCCCCCCCCCCCCOC[C@H](COc1ccccc1)OP(=O)(OC[C@H](C[C@@H](OC(C)(C)O)c1ccc2c(N)ncnn12)OC)Oc1ccc([N+](=O)[O-])cc1. The van der Waals surface area contributed by atoms with Gasteiger partial charge in [-0.1, -0.05) is 121 Å². The molecule has 0 aliphatic carbocycles. The molecule has 3 N–H and O–H groups in total. The number of ether oxygens (including phenoxy) is 4. The minimum Gasteiger partial charge on any atom is -0.491 e. The lowest BCUT2D eigenvalue weighted by Gasteiger charge is -2.29. The highest BCUT2D eigenvalue weighted by Gasteiger charge is 2.36. The highest BCUT2D eigenvalue weighted by molar-refractivity contribution is 7.49. The Kier molecular flexibility index (Phi) is 23.5. The largest absolute Gasteiger partial charge is 0.530 e. The average Bonchev–Trinajstić information content (AvgIpc) is 3.72. The number of phosphoric acid groups is 1. The van der Waals surface area contributed by atoms with E-state index >= 15 is 0 Å². The summed E-state index contributed by atoms with van der Waals surface area (Å²) in [5.74, 6) is -0.721. The number of phosphoric ester groups is 1. The van der Waals surface area contributed by atoms with Crippen LogP contribution in [0.15, 0.2) is 73.1 Å². The van der Waals surface area contributed by atoms with Crippen LogP contribution >= 0.6 is 7.82 Å². The molecule has 2 aromatic heterocycles. The predicted octanol–water partition coefficient (Wildman–Crippen LogP) is 11.4. The zero-order valence-corrected chi connectivity index (χ0v) is 39.2. The summed E-state index contributed by atoms with van der Waals surface area (Å²) in [6.07, 6.45) is 19.2. The third kappa shape index (κ3) is 19.9. The number of benzene rings is 2. The number of aliphatic hydroxyl groups is 1. The summed E-state index contributed by atoms with van der Waals surface area (Å²) in [5.41, 5.74) is 7.00. The lowest BCUT2D eigenvalue weighted by Crippen LogP contribution is -2.31. The van der Waals surface area contributed by atoms with E-state index in [1.54, 1.807) is 28.8 Å². The number of methoxy groups -OCH3 is 1. The Morgan fingerprint density at radius 1 is 0.797 bits per heavy atom. The fourth-order valence-corrected chi connectivity index (χ4v) is 8.61. The van der Waals surface area contributed by atoms with Crippen LogP contribution in [0.3, 0.4) is 0 Å². The third-order valence-corrected chi connectivity index (χ3v) is 12.1. The van der Waals surface area contributed by atoms with E-state index in [9.17, 15) is 19.8 Å². The summed E-state index contributed by atoms with van der Waals surface area (Å²) in [6, 6.07) is 17.7. The number of rotatable bonds is 36. The van der Waals surface area contributed by atoms with Gasteiger partial charge in [0.1, 0.15) is 42.2 Å². The zero-order valence-electron chi connectivity index (χ0n) is 38.4. The van der Waals surface area contributed by atoms with Crippen LogP contribution in [-0.4, -0.2) is 76.2 Å². The number of nitrogen functional groups attached to an aromatic ring is 1. The standard InChI is InChI=1S/C47H72N5O11P/c1-5-6-7-8-9-10-11-12-13-14-15-16-17-18-19-23-32-58-34-42(35-59-39-24-21-20-22-25-39)63-64(56,62-40-28-26-38(27-29-40)52(54)55)60-36-41(57-4)33-45(61-47(2,3)53)43-30-31-44-46(48)49-37-50-51(43)44/h20-22,24-31,37,41-42,45,53H,5-19,23,32-36H2,1-4H3,(H2,48,49,50)/t41-,42+,45+,64?/m0/s1. The van der Waals surface area contributed by atoms with Gasteiger partial charge in [0, 0.05) is 32.3 Å². The minimum atomic E-state index is -4.55. The summed E-state index contributed by atoms with van der Waals surface area (Å²) >= 11 is 0. The number of hydrogen-bond acceptors (Lipinski definition) is 14. The Morgan fingerprint density at radius 3 is 1.98 bits per heavy atom. The third-order valence-electron chi connectivity index (χ3n) is 10.7. The molecule has 0 spiro atoms. The summed E-state index contributed by atoms with van der Waals surface area (Å²) in [6.45, 7) is 5.37. The van der Waals surface area contributed by atoms with Crippen LogP contribution in [0.1, 0.15) is 142 Å². The monoisotopic (exact) mass is 913 g/mol. The molecule has 0 fully saturated rings. The van der Waals surface area contributed by atoms with Gasteiger partial charge in [-0.2, -0.15) is 5.10 Å². The van der Waals surface area contributed by atoms with E-state index in [-0.39, 0.29) is 43.5 Å². The van der Waals surface area contributed by atoms with Gasteiger partial charge in [-0.15, -0.1) is 0 Å². The molecule has 0 amide bonds. The maximum absolute atomic E-state index is 14.7. The molecule has 4 aromatic rings. The van der Waals surface area contributed by atoms with E-state index in [1.165, 1.54) is 135 Å². The van der Waals surface area contributed by atoms with Crippen molar-refractivity contribution < 1.29 is 47.1 Å². The highest BCUT2D eigenvalue weighted by atomic mass is 31.2. The second-order valence-corrected chi connectivity index (χ2v) is 18.2. The van der Waals surface area contributed by atoms with Crippen LogP contribution < -0.4 is 15.0 Å². The Hall–Kier alpha value is -4.15. The quantitative estimate of drug-likeness (QED) is 0.0143. The Bertz CT molecular complexity index is 1930. The molecule has 0 radical (unpaired) electrons. The van der Waals surface area contributed by atoms with Gasteiger partial charge >= 0.3 is 7.82 Å². The number of anilines is 1. The normalized spacial score (nSPS) is 14.3. The fourth-order valence-electron chi connectivity index (χ4n) is 7.24. The van der Waals surface area contributed by atoms with Gasteiger partial charge in [0.25, 0.3) is 5.69 Å². The summed E-state index contributed by atoms with van der Waals surface area (Å²) < 4.78 is 58.3. The van der Waals surface area contributed by atoms with Crippen molar-refractivity contribution in [2.75, 3.05) is 39.3 Å². The van der Waals surface area contributed by atoms with Crippen molar-refractivity contribution in [1.29, 1.82) is 0 Å². The average molecular weight is 914 g/mol. The minimum absolute atomic E-state index is 0.0138. The molecular weight excluding hydrogens is 842 g/mol. The molecule has 2 aromatic carbocycles. The number of para-hydroxylation sites is 1. The number of non-ortho nitro benzene ring substituents is 1.